The van der Waals surface area contributed by atoms with Crippen molar-refractivity contribution in [2.24, 2.45) is 17.8 Å². The third-order valence-electron chi connectivity index (χ3n) is 4.75. The summed E-state index contributed by atoms with van der Waals surface area (Å²) in [5, 5.41) is 3.82. The van der Waals surface area contributed by atoms with Crippen LogP contribution in [0.4, 0.5) is 0 Å². The molecule has 4 unspecified atom stereocenters. The molecule has 1 aliphatic rings. The minimum absolute atomic E-state index is 0.739. The van der Waals surface area contributed by atoms with Crippen LogP contribution in [0.25, 0.3) is 0 Å². The van der Waals surface area contributed by atoms with Crippen molar-refractivity contribution < 1.29 is 0 Å². The van der Waals surface area contributed by atoms with Gasteiger partial charge in [-0.2, -0.15) is 0 Å². The van der Waals surface area contributed by atoms with Gasteiger partial charge in [0, 0.05) is 12.6 Å². The van der Waals surface area contributed by atoms with Crippen LogP contribution in [0, 0.1) is 17.8 Å². The average Bonchev–Trinajstić information content (AvgIpc) is 2.37. The smallest absolute Gasteiger partial charge is 0.0113 e. The number of hydrogen-bond donors (Lipinski definition) is 1. The predicted molar refractivity (Wildman–Crippen MR) is 85.5 cm³/mol. The van der Waals surface area contributed by atoms with Crippen LogP contribution in [0.1, 0.15) is 59.8 Å². The Bertz CT molecular complexity index is 229. The topological polar surface area (TPSA) is 15.3 Å². The van der Waals surface area contributed by atoms with Crippen LogP contribution in [-0.4, -0.2) is 37.6 Å². The molecule has 0 amide bonds. The zero-order valence-electron chi connectivity index (χ0n) is 13.9. The van der Waals surface area contributed by atoms with Crippen LogP contribution in [0.3, 0.4) is 0 Å². The van der Waals surface area contributed by atoms with Gasteiger partial charge in [-0.15, -0.1) is 0 Å². The SMILES string of the molecule is CCCCN(C)CC1C(C)CC(C)CC1NCCC. The van der Waals surface area contributed by atoms with Gasteiger partial charge in [-0.25, -0.2) is 0 Å². The highest BCUT2D eigenvalue weighted by Gasteiger charge is 2.33. The molecule has 0 aromatic carbocycles. The molecule has 1 rings (SSSR count). The van der Waals surface area contributed by atoms with E-state index in [-0.39, 0.29) is 0 Å². The van der Waals surface area contributed by atoms with Crippen molar-refractivity contribution in [2.45, 2.75) is 65.8 Å². The summed E-state index contributed by atoms with van der Waals surface area (Å²) in [4.78, 5) is 2.56. The van der Waals surface area contributed by atoms with E-state index in [4.69, 9.17) is 0 Å². The van der Waals surface area contributed by atoms with Gasteiger partial charge in [0.2, 0.25) is 0 Å². The fourth-order valence-corrected chi connectivity index (χ4v) is 3.66. The number of nitrogens with zero attached hydrogens (tertiary/aromatic N) is 1. The lowest BCUT2D eigenvalue weighted by atomic mass is 9.72. The second-order valence-electron chi connectivity index (χ2n) is 6.89. The van der Waals surface area contributed by atoms with Gasteiger partial charge in [-0.05, 0) is 63.6 Å². The van der Waals surface area contributed by atoms with Gasteiger partial charge in [-0.1, -0.05) is 34.1 Å². The number of unbranched alkanes of at least 4 members (excludes halogenated alkanes) is 1. The largest absolute Gasteiger partial charge is 0.314 e. The lowest BCUT2D eigenvalue weighted by molar-refractivity contribution is 0.111. The van der Waals surface area contributed by atoms with Crippen molar-refractivity contribution in [1.82, 2.24) is 10.2 Å². The van der Waals surface area contributed by atoms with E-state index in [0.717, 1.165) is 23.8 Å². The lowest BCUT2D eigenvalue weighted by Crippen LogP contribution is -2.48. The maximum atomic E-state index is 3.82. The second kappa shape index (κ2) is 8.97. The standard InChI is InChI=1S/C17H36N2/c1-6-8-10-19(5)13-16-15(4)11-14(3)12-17(16)18-9-7-2/h14-18H,6-13H2,1-5H3. The molecule has 1 fully saturated rings. The fraction of sp³-hybridized carbons (Fsp3) is 1.00. The lowest BCUT2D eigenvalue weighted by Gasteiger charge is -2.42. The van der Waals surface area contributed by atoms with Crippen molar-refractivity contribution in [3.63, 3.8) is 0 Å². The van der Waals surface area contributed by atoms with Crippen molar-refractivity contribution in [2.75, 3.05) is 26.7 Å². The highest BCUT2D eigenvalue weighted by Crippen LogP contribution is 2.34. The van der Waals surface area contributed by atoms with Crippen LogP contribution in [0.15, 0.2) is 0 Å². The van der Waals surface area contributed by atoms with Crippen molar-refractivity contribution >= 4 is 0 Å². The monoisotopic (exact) mass is 268 g/mol. The summed E-state index contributed by atoms with van der Waals surface area (Å²) in [6.07, 6.45) is 6.67. The van der Waals surface area contributed by atoms with E-state index in [1.54, 1.807) is 0 Å². The number of hydrogen-bond acceptors (Lipinski definition) is 2. The molecule has 0 aromatic rings. The van der Waals surface area contributed by atoms with E-state index in [0.29, 0.717) is 0 Å². The van der Waals surface area contributed by atoms with E-state index in [1.807, 2.05) is 0 Å². The first kappa shape index (κ1) is 17.0. The van der Waals surface area contributed by atoms with E-state index >= 15 is 0 Å². The van der Waals surface area contributed by atoms with E-state index in [2.05, 4.69) is 45.0 Å². The van der Waals surface area contributed by atoms with Gasteiger partial charge in [-0.3, -0.25) is 0 Å². The van der Waals surface area contributed by atoms with Crippen LogP contribution in [0.2, 0.25) is 0 Å². The predicted octanol–water partition coefficient (Wildman–Crippen LogP) is 3.77. The van der Waals surface area contributed by atoms with Gasteiger partial charge in [0.15, 0.2) is 0 Å². The molecule has 2 heteroatoms. The number of rotatable bonds is 8. The quantitative estimate of drug-likeness (QED) is 0.721. The summed E-state index contributed by atoms with van der Waals surface area (Å²) >= 11 is 0. The Morgan fingerprint density at radius 2 is 1.84 bits per heavy atom. The Labute approximate surface area is 121 Å². The highest BCUT2D eigenvalue weighted by molar-refractivity contribution is 4.89. The van der Waals surface area contributed by atoms with Gasteiger partial charge in [0.25, 0.3) is 0 Å². The normalized spacial score (nSPS) is 31.9. The average molecular weight is 268 g/mol. The molecule has 1 aliphatic carbocycles. The maximum absolute atomic E-state index is 3.82. The molecule has 0 aliphatic heterocycles. The summed E-state index contributed by atoms with van der Waals surface area (Å²) in [5.41, 5.74) is 0. The molecule has 2 nitrogen and oxygen atoms in total. The van der Waals surface area contributed by atoms with Crippen LogP contribution < -0.4 is 5.32 Å². The molecule has 0 saturated heterocycles. The second-order valence-corrected chi connectivity index (χ2v) is 6.89. The van der Waals surface area contributed by atoms with E-state index < -0.39 is 0 Å². The third-order valence-corrected chi connectivity index (χ3v) is 4.75. The molecular formula is C17H36N2. The molecule has 114 valence electrons. The Hall–Kier alpha value is -0.0800. The van der Waals surface area contributed by atoms with Gasteiger partial charge in [0.1, 0.15) is 0 Å². The third kappa shape index (κ3) is 5.83. The van der Waals surface area contributed by atoms with Crippen molar-refractivity contribution in [3.8, 4) is 0 Å². The highest BCUT2D eigenvalue weighted by atomic mass is 15.1. The Morgan fingerprint density at radius 3 is 2.47 bits per heavy atom. The molecule has 0 aromatic heterocycles. The Kier molecular flexibility index (Phi) is 8.01. The molecule has 1 N–H and O–H groups in total. The Morgan fingerprint density at radius 1 is 1.11 bits per heavy atom. The summed E-state index contributed by atoms with van der Waals surface area (Å²) in [5.74, 6) is 2.59. The molecule has 0 radical (unpaired) electrons. The Balaban J connectivity index is 2.52. The first-order valence-corrected chi connectivity index (χ1v) is 8.50. The fourth-order valence-electron chi connectivity index (χ4n) is 3.66. The summed E-state index contributed by atoms with van der Waals surface area (Å²) in [6, 6.07) is 0.739. The molecular weight excluding hydrogens is 232 g/mol. The molecule has 19 heavy (non-hydrogen) atoms. The van der Waals surface area contributed by atoms with Crippen LogP contribution in [-0.2, 0) is 0 Å². The number of nitrogens with one attached hydrogen (secondary N) is 1. The molecule has 1 saturated carbocycles. The maximum Gasteiger partial charge on any atom is 0.0113 e. The van der Waals surface area contributed by atoms with Gasteiger partial charge in [0.05, 0.1) is 0 Å². The molecule has 0 spiro atoms. The zero-order valence-corrected chi connectivity index (χ0v) is 13.9. The molecule has 0 bridgehead atoms. The summed E-state index contributed by atoms with van der Waals surface area (Å²) in [7, 11) is 2.30. The summed E-state index contributed by atoms with van der Waals surface area (Å²) in [6.45, 7) is 13.2. The zero-order chi connectivity index (χ0) is 14.3. The first-order valence-electron chi connectivity index (χ1n) is 8.50. The summed E-state index contributed by atoms with van der Waals surface area (Å²) < 4.78 is 0. The van der Waals surface area contributed by atoms with E-state index in [9.17, 15) is 0 Å². The van der Waals surface area contributed by atoms with Crippen molar-refractivity contribution in [1.29, 1.82) is 0 Å². The van der Waals surface area contributed by atoms with Crippen LogP contribution >= 0.6 is 0 Å². The minimum Gasteiger partial charge on any atom is -0.314 e. The van der Waals surface area contributed by atoms with Crippen molar-refractivity contribution in [3.05, 3.63) is 0 Å². The van der Waals surface area contributed by atoms with Gasteiger partial charge >= 0.3 is 0 Å². The first-order chi connectivity index (χ1) is 9.08. The minimum atomic E-state index is 0.739. The van der Waals surface area contributed by atoms with Crippen LogP contribution in [0.5, 0.6) is 0 Å². The molecule has 4 atom stereocenters. The molecule has 0 heterocycles. The van der Waals surface area contributed by atoms with Gasteiger partial charge < -0.3 is 10.2 Å². The van der Waals surface area contributed by atoms with E-state index in [1.165, 1.54) is 51.7 Å².